The van der Waals surface area contributed by atoms with Gasteiger partial charge in [-0.1, -0.05) is 50.3 Å². The van der Waals surface area contributed by atoms with E-state index in [-0.39, 0.29) is 11.4 Å². The number of carbonyl (C=O) groups excluding carboxylic acids is 1. The average Bonchev–Trinajstić information content (AvgIpc) is 2.43. The van der Waals surface area contributed by atoms with Crippen LogP contribution in [0.25, 0.3) is 0 Å². The van der Waals surface area contributed by atoms with Gasteiger partial charge in [0.05, 0.1) is 12.2 Å². The number of hydrogen-bond donors (Lipinski definition) is 0. The van der Waals surface area contributed by atoms with Crippen molar-refractivity contribution < 1.29 is 9.53 Å². The van der Waals surface area contributed by atoms with Crippen molar-refractivity contribution in [3.8, 4) is 0 Å². The first-order chi connectivity index (χ1) is 9.95. The molecule has 0 unspecified atom stereocenters. The van der Waals surface area contributed by atoms with E-state index in [1.807, 2.05) is 45.9 Å². The van der Waals surface area contributed by atoms with Crippen LogP contribution in [-0.2, 0) is 16.1 Å². The summed E-state index contributed by atoms with van der Waals surface area (Å²) in [7, 11) is 0. The summed E-state index contributed by atoms with van der Waals surface area (Å²) in [6.07, 6.45) is 4.13. The quantitative estimate of drug-likeness (QED) is 0.786. The van der Waals surface area contributed by atoms with Gasteiger partial charge in [-0.2, -0.15) is 0 Å². The Morgan fingerprint density at radius 1 is 1.24 bits per heavy atom. The maximum Gasteiger partial charge on any atom is 0.336 e. The Balaban J connectivity index is 2.30. The molecule has 1 aromatic carbocycles. The molecule has 0 aromatic heterocycles. The molecular weight excluding hydrogens is 262 g/mol. The molecule has 0 spiro atoms. The lowest BCUT2D eigenvalue weighted by Gasteiger charge is -2.35. The van der Waals surface area contributed by atoms with Gasteiger partial charge in [-0.25, -0.2) is 4.79 Å². The number of rotatable bonds is 4. The first kappa shape index (κ1) is 15.4. The van der Waals surface area contributed by atoms with Gasteiger partial charge in [0, 0.05) is 23.9 Å². The van der Waals surface area contributed by atoms with Crippen LogP contribution < -0.4 is 0 Å². The van der Waals surface area contributed by atoms with Crippen molar-refractivity contribution in [2.75, 3.05) is 6.61 Å². The number of nitrogens with zero attached hydrogens (tertiary/aromatic N) is 1. The molecule has 0 amide bonds. The molecular formula is C18H23NO2. The molecule has 0 fully saturated rings. The number of esters is 1. The topological polar surface area (TPSA) is 29.5 Å². The fourth-order valence-electron chi connectivity index (χ4n) is 2.65. The van der Waals surface area contributed by atoms with E-state index in [9.17, 15) is 4.79 Å². The van der Waals surface area contributed by atoms with Gasteiger partial charge in [0.25, 0.3) is 0 Å². The van der Waals surface area contributed by atoms with Gasteiger partial charge in [-0.05, 0) is 19.4 Å². The minimum Gasteiger partial charge on any atom is -0.463 e. The molecule has 3 nitrogen and oxygen atoms in total. The monoisotopic (exact) mass is 285 g/mol. The lowest BCUT2D eigenvalue weighted by molar-refractivity contribution is -0.139. The second kappa shape index (κ2) is 6.17. The summed E-state index contributed by atoms with van der Waals surface area (Å²) in [6, 6.07) is 10.2. The molecule has 0 atom stereocenters. The third-order valence-corrected chi connectivity index (χ3v) is 3.78. The number of carbonyl (C=O) groups is 1. The van der Waals surface area contributed by atoms with Crippen molar-refractivity contribution in [1.82, 2.24) is 4.90 Å². The Morgan fingerprint density at radius 2 is 1.90 bits per heavy atom. The Morgan fingerprint density at radius 3 is 2.52 bits per heavy atom. The molecule has 0 aliphatic carbocycles. The fraction of sp³-hybridized carbons (Fsp3) is 0.389. The molecule has 1 aliphatic heterocycles. The Hall–Kier alpha value is -2.03. The number of hydrogen-bond acceptors (Lipinski definition) is 3. The summed E-state index contributed by atoms with van der Waals surface area (Å²) in [5.41, 5.74) is 2.61. The normalized spacial score (nSPS) is 17.0. The molecule has 0 bridgehead atoms. The molecule has 0 saturated heterocycles. The Labute approximate surface area is 126 Å². The van der Waals surface area contributed by atoms with Crippen molar-refractivity contribution in [3.63, 3.8) is 0 Å². The van der Waals surface area contributed by atoms with Crippen LogP contribution in [0.4, 0.5) is 0 Å². The van der Waals surface area contributed by atoms with E-state index in [2.05, 4.69) is 29.3 Å². The highest BCUT2D eigenvalue weighted by atomic mass is 16.5. The standard InChI is InChI=1S/C18H23NO2/c1-5-21-17(20)16-14(2)19(12-11-18(16,3)4)13-15-9-7-6-8-10-15/h6-12H,5,13H2,1-4H3. The van der Waals surface area contributed by atoms with E-state index in [0.717, 1.165) is 17.8 Å². The van der Waals surface area contributed by atoms with Gasteiger partial charge in [0.1, 0.15) is 0 Å². The van der Waals surface area contributed by atoms with Crippen LogP contribution in [0.2, 0.25) is 0 Å². The minimum atomic E-state index is -0.302. The summed E-state index contributed by atoms with van der Waals surface area (Å²) < 4.78 is 5.23. The lowest BCUT2D eigenvalue weighted by Crippen LogP contribution is -2.31. The highest BCUT2D eigenvalue weighted by Gasteiger charge is 2.33. The van der Waals surface area contributed by atoms with E-state index < -0.39 is 0 Å². The van der Waals surface area contributed by atoms with E-state index >= 15 is 0 Å². The molecule has 3 heteroatoms. The van der Waals surface area contributed by atoms with Crippen LogP contribution in [0.15, 0.2) is 53.9 Å². The van der Waals surface area contributed by atoms with Crippen molar-refractivity contribution in [3.05, 3.63) is 59.4 Å². The van der Waals surface area contributed by atoms with Gasteiger partial charge in [0.15, 0.2) is 0 Å². The van der Waals surface area contributed by atoms with Crippen LogP contribution >= 0.6 is 0 Å². The second-order valence-corrected chi connectivity index (χ2v) is 5.83. The third-order valence-electron chi connectivity index (χ3n) is 3.78. The summed E-state index contributed by atoms with van der Waals surface area (Å²) in [5, 5.41) is 0. The number of allylic oxidation sites excluding steroid dienone is 2. The minimum absolute atomic E-state index is 0.220. The second-order valence-electron chi connectivity index (χ2n) is 5.83. The highest BCUT2D eigenvalue weighted by Crippen LogP contribution is 2.37. The van der Waals surface area contributed by atoms with Crippen LogP contribution in [-0.4, -0.2) is 17.5 Å². The van der Waals surface area contributed by atoms with Gasteiger partial charge >= 0.3 is 5.97 Å². The predicted molar refractivity (Wildman–Crippen MR) is 84.2 cm³/mol. The summed E-state index contributed by atoms with van der Waals surface area (Å²) in [4.78, 5) is 14.4. The summed E-state index contributed by atoms with van der Waals surface area (Å²) >= 11 is 0. The maximum absolute atomic E-state index is 12.3. The molecule has 112 valence electrons. The highest BCUT2D eigenvalue weighted by molar-refractivity contribution is 5.91. The third kappa shape index (κ3) is 3.35. The van der Waals surface area contributed by atoms with Crippen molar-refractivity contribution >= 4 is 5.97 Å². The van der Waals surface area contributed by atoms with E-state index in [1.165, 1.54) is 5.56 Å². The zero-order valence-corrected chi connectivity index (χ0v) is 13.2. The van der Waals surface area contributed by atoms with Gasteiger partial charge in [-0.15, -0.1) is 0 Å². The average molecular weight is 285 g/mol. The number of benzene rings is 1. The zero-order valence-electron chi connectivity index (χ0n) is 13.2. The molecule has 1 heterocycles. The van der Waals surface area contributed by atoms with Crippen LogP contribution in [0.3, 0.4) is 0 Å². The summed E-state index contributed by atoms with van der Waals surface area (Å²) in [5.74, 6) is -0.220. The molecule has 0 N–H and O–H groups in total. The van der Waals surface area contributed by atoms with E-state index in [4.69, 9.17) is 4.74 Å². The van der Waals surface area contributed by atoms with Gasteiger partial charge < -0.3 is 9.64 Å². The lowest BCUT2D eigenvalue weighted by atomic mass is 9.81. The molecule has 0 radical (unpaired) electrons. The van der Waals surface area contributed by atoms with Crippen molar-refractivity contribution in [2.24, 2.45) is 5.41 Å². The molecule has 1 aliphatic rings. The van der Waals surface area contributed by atoms with E-state index in [0.29, 0.717) is 6.61 Å². The summed E-state index contributed by atoms with van der Waals surface area (Å²) in [6.45, 7) is 9.05. The first-order valence-corrected chi connectivity index (χ1v) is 7.34. The molecule has 0 saturated carbocycles. The van der Waals surface area contributed by atoms with E-state index in [1.54, 1.807) is 0 Å². The molecule has 1 aromatic rings. The van der Waals surface area contributed by atoms with Crippen molar-refractivity contribution in [2.45, 2.75) is 34.2 Å². The van der Waals surface area contributed by atoms with Gasteiger partial charge in [-0.3, -0.25) is 0 Å². The Bertz CT molecular complexity index is 570. The first-order valence-electron chi connectivity index (χ1n) is 7.34. The van der Waals surface area contributed by atoms with Crippen LogP contribution in [0, 0.1) is 5.41 Å². The van der Waals surface area contributed by atoms with Crippen LogP contribution in [0.1, 0.15) is 33.3 Å². The van der Waals surface area contributed by atoms with Gasteiger partial charge in [0.2, 0.25) is 0 Å². The van der Waals surface area contributed by atoms with Crippen molar-refractivity contribution in [1.29, 1.82) is 0 Å². The molecule has 21 heavy (non-hydrogen) atoms. The fourth-order valence-corrected chi connectivity index (χ4v) is 2.65. The molecule has 2 rings (SSSR count). The maximum atomic E-state index is 12.3. The Kier molecular flexibility index (Phi) is 4.51. The smallest absolute Gasteiger partial charge is 0.336 e. The number of ether oxygens (including phenoxy) is 1. The largest absolute Gasteiger partial charge is 0.463 e. The predicted octanol–water partition coefficient (Wildman–Crippen LogP) is 3.88. The van der Waals surface area contributed by atoms with Crippen LogP contribution in [0.5, 0.6) is 0 Å². The zero-order chi connectivity index (χ0) is 15.5. The SMILES string of the molecule is CCOC(=O)C1=C(C)N(Cc2ccccc2)C=CC1(C)C.